The van der Waals surface area contributed by atoms with Gasteiger partial charge in [-0.05, 0) is 6.42 Å². The Labute approximate surface area is 128 Å². The van der Waals surface area contributed by atoms with Crippen molar-refractivity contribution in [1.82, 2.24) is 25.3 Å². The van der Waals surface area contributed by atoms with Gasteiger partial charge in [0.2, 0.25) is 0 Å². The molecule has 0 aliphatic rings. The lowest BCUT2D eigenvalue weighted by Crippen LogP contribution is -2.26. The minimum atomic E-state index is -0.274. The van der Waals surface area contributed by atoms with Gasteiger partial charge >= 0.3 is 0 Å². The van der Waals surface area contributed by atoms with Crippen LogP contribution in [0.15, 0.2) is 18.6 Å². The number of hydrogen-bond donors (Lipinski definition) is 2. The van der Waals surface area contributed by atoms with Crippen LogP contribution in [0, 0.1) is 0 Å². The minimum absolute atomic E-state index is 0.146. The van der Waals surface area contributed by atoms with E-state index in [4.69, 9.17) is 11.6 Å². The van der Waals surface area contributed by atoms with E-state index in [9.17, 15) is 4.79 Å². The standard InChI is InChI=1S/C14H18ClN5O/c1-9(2)13-19-8-10(15)12(20-13)14(21)18-5-3-4-11-16-6-7-17-11/h6-9H,3-5H2,1-2H3,(H,16,17)(H,18,21). The van der Waals surface area contributed by atoms with Gasteiger partial charge in [0, 0.05) is 31.3 Å². The van der Waals surface area contributed by atoms with Crippen molar-refractivity contribution >= 4 is 17.5 Å². The minimum Gasteiger partial charge on any atom is -0.351 e. The van der Waals surface area contributed by atoms with Crippen molar-refractivity contribution in [3.8, 4) is 0 Å². The maximum atomic E-state index is 12.1. The lowest BCUT2D eigenvalue weighted by molar-refractivity contribution is 0.0948. The van der Waals surface area contributed by atoms with Gasteiger partial charge in [0.05, 0.1) is 11.2 Å². The molecule has 7 heteroatoms. The van der Waals surface area contributed by atoms with E-state index in [1.54, 1.807) is 12.4 Å². The number of amides is 1. The Morgan fingerprint density at radius 3 is 2.90 bits per heavy atom. The van der Waals surface area contributed by atoms with Gasteiger partial charge in [0.1, 0.15) is 17.3 Å². The van der Waals surface area contributed by atoms with Crippen LogP contribution in [0.2, 0.25) is 5.02 Å². The van der Waals surface area contributed by atoms with Gasteiger partial charge in [-0.15, -0.1) is 0 Å². The van der Waals surface area contributed by atoms with Crippen molar-refractivity contribution < 1.29 is 4.79 Å². The first kappa shape index (κ1) is 15.4. The molecule has 21 heavy (non-hydrogen) atoms. The maximum absolute atomic E-state index is 12.1. The fraction of sp³-hybridized carbons (Fsp3) is 0.429. The van der Waals surface area contributed by atoms with E-state index >= 15 is 0 Å². The predicted octanol–water partition coefficient (Wildman–Crippen LogP) is 2.34. The summed E-state index contributed by atoms with van der Waals surface area (Å²) in [5.41, 5.74) is 0.230. The first-order chi connectivity index (χ1) is 10.1. The number of aryl methyl sites for hydroxylation is 1. The van der Waals surface area contributed by atoms with E-state index in [-0.39, 0.29) is 22.5 Å². The number of nitrogens with zero attached hydrogens (tertiary/aromatic N) is 3. The Bertz CT molecular complexity index is 597. The summed E-state index contributed by atoms with van der Waals surface area (Å²) >= 11 is 5.99. The fourth-order valence-corrected chi connectivity index (χ4v) is 1.97. The van der Waals surface area contributed by atoms with Gasteiger partial charge in [-0.2, -0.15) is 0 Å². The van der Waals surface area contributed by atoms with Gasteiger partial charge in [-0.3, -0.25) is 4.79 Å². The number of rotatable bonds is 6. The molecule has 0 atom stereocenters. The van der Waals surface area contributed by atoms with Gasteiger partial charge in [0.15, 0.2) is 0 Å². The number of aromatic amines is 1. The van der Waals surface area contributed by atoms with Crippen LogP contribution in [-0.4, -0.2) is 32.4 Å². The normalized spacial score (nSPS) is 10.9. The van der Waals surface area contributed by atoms with Gasteiger partial charge < -0.3 is 10.3 Å². The molecule has 2 heterocycles. The van der Waals surface area contributed by atoms with Crippen LogP contribution in [0.25, 0.3) is 0 Å². The quantitative estimate of drug-likeness (QED) is 0.802. The molecule has 2 rings (SSSR count). The van der Waals surface area contributed by atoms with Crippen LogP contribution in [-0.2, 0) is 6.42 Å². The average molecular weight is 308 g/mol. The molecule has 1 amide bonds. The Hall–Kier alpha value is -1.95. The second-order valence-electron chi connectivity index (χ2n) is 4.97. The lowest BCUT2D eigenvalue weighted by Gasteiger charge is -2.08. The Kier molecular flexibility index (Phi) is 5.27. The third-order valence-corrected chi connectivity index (χ3v) is 3.20. The van der Waals surface area contributed by atoms with Crippen molar-refractivity contribution in [3.63, 3.8) is 0 Å². The number of carbonyl (C=O) groups excluding carboxylic acids is 1. The van der Waals surface area contributed by atoms with Crippen LogP contribution in [0.3, 0.4) is 0 Å². The van der Waals surface area contributed by atoms with Gasteiger partial charge in [0.25, 0.3) is 5.91 Å². The molecule has 2 aromatic heterocycles. The van der Waals surface area contributed by atoms with E-state index in [2.05, 4.69) is 25.3 Å². The van der Waals surface area contributed by atoms with E-state index in [0.29, 0.717) is 12.4 Å². The summed E-state index contributed by atoms with van der Waals surface area (Å²) in [6, 6.07) is 0. The first-order valence-corrected chi connectivity index (χ1v) is 7.24. The number of H-pyrrole nitrogens is 1. The molecule has 0 saturated carbocycles. The molecule has 6 nitrogen and oxygen atoms in total. The lowest BCUT2D eigenvalue weighted by atomic mass is 10.2. The second-order valence-corrected chi connectivity index (χ2v) is 5.38. The summed E-state index contributed by atoms with van der Waals surface area (Å²) in [7, 11) is 0. The molecule has 0 bridgehead atoms. The largest absolute Gasteiger partial charge is 0.351 e. The smallest absolute Gasteiger partial charge is 0.271 e. The fourth-order valence-electron chi connectivity index (χ4n) is 1.79. The summed E-state index contributed by atoms with van der Waals surface area (Å²) in [6.45, 7) is 4.47. The second kappa shape index (κ2) is 7.17. The number of hydrogen-bond acceptors (Lipinski definition) is 4. The van der Waals surface area contributed by atoms with Crippen molar-refractivity contribution in [3.05, 3.63) is 41.0 Å². The van der Waals surface area contributed by atoms with Crippen LogP contribution in [0.4, 0.5) is 0 Å². The predicted molar refractivity (Wildman–Crippen MR) is 80.4 cm³/mol. The number of carbonyl (C=O) groups is 1. The zero-order valence-corrected chi connectivity index (χ0v) is 12.8. The molecule has 2 aromatic rings. The molecule has 2 N–H and O–H groups in total. The van der Waals surface area contributed by atoms with Crippen LogP contribution >= 0.6 is 11.6 Å². The molecule has 0 saturated heterocycles. The molecule has 0 radical (unpaired) electrons. The summed E-state index contributed by atoms with van der Waals surface area (Å²) in [5.74, 6) is 1.39. The van der Waals surface area contributed by atoms with E-state index < -0.39 is 0 Å². The highest BCUT2D eigenvalue weighted by molar-refractivity contribution is 6.33. The van der Waals surface area contributed by atoms with Gasteiger partial charge in [-0.1, -0.05) is 25.4 Å². The van der Waals surface area contributed by atoms with Crippen LogP contribution in [0.1, 0.15) is 48.3 Å². The topological polar surface area (TPSA) is 83.6 Å². The molecule has 0 aliphatic carbocycles. The Balaban J connectivity index is 1.89. The molecule has 112 valence electrons. The third kappa shape index (κ3) is 4.26. The summed E-state index contributed by atoms with van der Waals surface area (Å²) in [6.07, 6.45) is 6.53. The van der Waals surface area contributed by atoms with Crippen molar-refractivity contribution in [1.29, 1.82) is 0 Å². The average Bonchev–Trinajstić information content (AvgIpc) is 2.96. The highest BCUT2D eigenvalue weighted by atomic mass is 35.5. The third-order valence-electron chi connectivity index (χ3n) is 2.92. The molecule has 0 fully saturated rings. The summed E-state index contributed by atoms with van der Waals surface area (Å²) in [5, 5.41) is 3.08. The number of aromatic nitrogens is 4. The molecule has 0 spiro atoms. The summed E-state index contributed by atoms with van der Waals surface area (Å²) in [4.78, 5) is 27.6. The zero-order chi connectivity index (χ0) is 15.2. The highest BCUT2D eigenvalue weighted by Gasteiger charge is 2.15. The van der Waals surface area contributed by atoms with Crippen LogP contribution in [0.5, 0.6) is 0 Å². The zero-order valence-electron chi connectivity index (χ0n) is 12.1. The molecular weight excluding hydrogens is 290 g/mol. The van der Waals surface area contributed by atoms with Crippen molar-refractivity contribution in [2.75, 3.05) is 6.54 Å². The number of nitrogens with one attached hydrogen (secondary N) is 2. The molecule has 0 aliphatic heterocycles. The first-order valence-electron chi connectivity index (χ1n) is 6.87. The van der Waals surface area contributed by atoms with E-state index in [1.807, 2.05) is 13.8 Å². The van der Waals surface area contributed by atoms with Crippen molar-refractivity contribution in [2.24, 2.45) is 0 Å². The maximum Gasteiger partial charge on any atom is 0.271 e. The van der Waals surface area contributed by atoms with E-state index in [0.717, 1.165) is 18.7 Å². The van der Waals surface area contributed by atoms with Crippen molar-refractivity contribution in [2.45, 2.75) is 32.6 Å². The molecule has 0 aromatic carbocycles. The highest BCUT2D eigenvalue weighted by Crippen LogP contribution is 2.16. The Morgan fingerprint density at radius 1 is 1.43 bits per heavy atom. The summed E-state index contributed by atoms with van der Waals surface area (Å²) < 4.78 is 0. The molecule has 0 unspecified atom stereocenters. The van der Waals surface area contributed by atoms with E-state index in [1.165, 1.54) is 6.20 Å². The SMILES string of the molecule is CC(C)c1ncc(Cl)c(C(=O)NCCCc2ncc[nH]2)n1. The van der Waals surface area contributed by atoms with Gasteiger partial charge in [-0.25, -0.2) is 15.0 Å². The van der Waals surface area contributed by atoms with Crippen LogP contribution < -0.4 is 5.32 Å². The number of halogens is 1. The monoisotopic (exact) mass is 307 g/mol. The molecular formula is C14H18ClN5O. The number of imidazole rings is 1. The Morgan fingerprint density at radius 2 is 2.24 bits per heavy atom.